The predicted molar refractivity (Wildman–Crippen MR) is 77.8 cm³/mol. The molecule has 0 saturated carbocycles. The third-order valence-electron chi connectivity index (χ3n) is 3.59. The van der Waals surface area contributed by atoms with Crippen molar-refractivity contribution in [2.24, 2.45) is 0 Å². The Bertz CT molecular complexity index is 671. The molecule has 2 aromatic rings. The van der Waals surface area contributed by atoms with E-state index in [0.717, 1.165) is 11.3 Å². The average molecular weight is 290 g/mol. The van der Waals surface area contributed by atoms with Crippen molar-refractivity contribution in [1.29, 1.82) is 0 Å². The molecule has 1 atom stereocenters. The molecule has 20 heavy (non-hydrogen) atoms. The van der Waals surface area contributed by atoms with Gasteiger partial charge in [-0.2, -0.15) is 0 Å². The normalized spacial score (nSPS) is 16.6. The summed E-state index contributed by atoms with van der Waals surface area (Å²) in [5.74, 6) is -0.602. The fraction of sp³-hybridized carbons (Fsp3) is 0.188. The van der Waals surface area contributed by atoms with Crippen LogP contribution in [0.25, 0.3) is 0 Å². The number of ketones is 1. The minimum absolute atomic E-state index is 0.00335. The molecule has 1 aliphatic rings. The van der Waals surface area contributed by atoms with Gasteiger partial charge in [0.2, 0.25) is 0 Å². The molecule has 0 fully saturated rings. The highest BCUT2D eigenvalue weighted by atomic mass is 35.5. The number of nitrogens with one attached hydrogen (secondary N) is 1. The molecule has 102 valence electrons. The number of rotatable bonds is 3. The van der Waals surface area contributed by atoms with Crippen LogP contribution in [0.5, 0.6) is 0 Å². The summed E-state index contributed by atoms with van der Waals surface area (Å²) in [6, 6.07) is 12.0. The molecule has 2 nitrogen and oxygen atoms in total. The number of hydrogen-bond donors (Lipinski definition) is 1. The van der Waals surface area contributed by atoms with E-state index in [1.165, 1.54) is 18.2 Å². The maximum atomic E-state index is 13.7. The van der Waals surface area contributed by atoms with E-state index in [4.69, 9.17) is 11.6 Å². The van der Waals surface area contributed by atoms with Crippen LogP contribution in [0, 0.1) is 5.82 Å². The summed E-state index contributed by atoms with van der Waals surface area (Å²) in [5, 5.41) is 3.65. The number of halogens is 2. The standard InChI is InChI=1S/C16H13ClFNO/c17-11-5-6-14(18)10(7-11)8-16(20)13-9-19-15-4-2-1-3-12(13)15/h1-7,13,19H,8-9H2. The summed E-state index contributed by atoms with van der Waals surface area (Å²) in [6.45, 7) is 0.570. The monoisotopic (exact) mass is 289 g/mol. The first kappa shape index (κ1) is 13.1. The summed E-state index contributed by atoms with van der Waals surface area (Å²) in [7, 11) is 0. The van der Waals surface area contributed by atoms with Crippen molar-refractivity contribution in [3.05, 3.63) is 64.4 Å². The van der Waals surface area contributed by atoms with Crippen molar-refractivity contribution in [2.75, 3.05) is 11.9 Å². The number of para-hydroxylation sites is 1. The van der Waals surface area contributed by atoms with Crippen LogP contribution in [0.2, 0.25) is 5.02 Å². The van der Waals surface area contributed by atoms with Gasteiger partial charge in [0.15, 0.2) is 0 Å². The Hall–Kier alpha value is -1.87. The van der Waals surface area contributed by atoms with E-state index in [2.05, 4.69) is 5.32 Å². The third kappa shape index (κ3) is 2.41. The molecule has 1 heterocycles. The van der Waals surface area contributed by atoms with Crippen LogP contribution >= 0.6 is 11.6 Å². The maximum absolute atomic E-state index is 13.7. The number of benzene rings is 2. The van der Waals surface area contributed by atoms with Crippen LogP contribution in [-0.2, 0) is 11.2 Å². The summed E-state index contributed by atoms with van der Waals surface area (Å²) < 4.78 is 13.7. The maximum Gasteiger partial charge on any atom is 0.146 e. The molecule has 2 aromatic carbocycles. The van der Waals surface area contributed by atoms with Gasteiger partial charge in [0.25, 0.3) is 0 Å². The van der Waals surface area contributed by atoms with E-state index in [-0.39, 0.29) is 23.9 Å². The lowest BCUT2D eigenvalue weighted by Crippen LogP contribution is -2.17. The summed E-state index contributed by atoms with van der Waals surface area (Å²) in [5.41, 5.74) is 2.32. The van der Waals surface area contributed by atoms with E-state index in [9.17, 15) is 9.18 Å². The highest BCUT2D eigenvalue weighted by molar-refractivity contribution is 6.30. The van der Waals surface area contributed by atoms with Gasteiger partial charge in [-0.25, -0.2) is 4.39 Å². The molecular weight excluding hydrogens is 277 g/mol. The summed E-state index contributed by atoms with van der Waals surface area (Å²) >= 11 is 5.85. The van der Waals surface area contributed by atoms with Crippen LogP contribution in [0.4, 0.5) is 10.1 Å². The zero-order valence-electron chi connectivity index (χ0n) is 10.7. The molecule has 0 radical (unpaired) electrons. The van der Waals surface area contributed by atoms with Gasteiger partial charge < -0.3 is 5.32 Å². The van der Waals surface area contributed by atoms with Crippen LogP contribution in [-0.4, -0.2) is 12.3 Å². The SMILES string of the molecule is O=C(Cc1cc(Cl)ccc1F)C1CNc2ccccc21. The molecule has 1 aliphatic heterocycles. The van der Waals surface area contributed by atoms with Gasteiger partial charge in [-0.05, 0) is 35.4 Å². The van der Waals surface area contributed by atoms with Crippen LogP contribution in [0.1, 0.15) is 17.0 Å². The molecule has 1 unspecified atom stereocenters. The van der Waals surface area contributed by atoms with E-state index in [1.807, 2.05) is 24.3 Å². The fourth-order valence-corrected chi connectivity index (χ4v) is 2.76. The number of carbonyl (C=O) groups excluding carboxylic acids is 1. The number of fused-ring (bicyclic) bond motifs is 1. The Morgan fingerprint density at radius 1 is 1.30 bits per heavy atom. The molecule has 0 saturated heterocycles. The van der Waals surface area contributed by atoms with Crippen LogP contribution in [0.3, 0.4) is 0 Å². The number of carbonyl (C=O) groups is 1. The second-order valence-electron chi connectivity index (χ2n) is 4.90. The molecular formula is C16H13ClFNO. The van der Waals surface area contributed by atoms with E-state index in [1.54, 1.807) is 0 Å². The minimum Gasteiger partial charge on any atom is -0.384 e. The van der Waals surface area contributed by atoms with Gasteiger partial charge in [0.05, 0.1) is 5.92 Å². The first-order valence-corrected chi connectivity index (χ1v) is 6.82. The molecule has 3 rings (SSSR count). The first-order chi connectivity index (χ1) is 9.65. The molecule has 0 bridgehead atoms. The molecule has 4 heteroatoms. The highest BCUT2D eigenvalue weighted by Crippen LogP contribution is 2.32. The van der Waals surface area contributed by atoms with Crippen molar-refractivity contribution in [3.8, 4) is 0 Å². The van der Waals surface area contributed by atoms with E-state index < -0.39 is 0 Å². The van der Waals surface area contributed by atoms with Gasteiger partial charge >= 0.3 is 0 Å². The van der Waals surface area contributed by atoms with Crippen molar-refractivity contribution < 1.29 is 9.18 Å². The Morgan fingerprint density at radius 2 is 2.10 bits per heavy atom. The smallest absolute Gasteiger partial charge is 0.146 e. The van der Waals surface area contributed by atoms with E-state index in [0.29, 0.717) is 17.1 Å². The largest absolute Gasteiger partial charge is 0.384 e. The average Bonchev–Trinajstić information content (AvgIpc) is 2.87. The Morgan fingerprint density at radius 3 is 2.95 bits per heavy atom. The van der Waals surface area contributed by atoms with Crippen molar-refractivity contribution in [3.63, 3.8) is 0 Å². The van der Waals surface area contributed by atoms with Crippen molar-refractivity contribution >= 4 is 23.1 Å². The first-order valence-electron chi connectivity index (χ1n) is 6.44. The molecule has 0 aromatic heterocycles. The molecule has 0 amide bonds. The quantitative estimate of drug-likeness (QED) is 0.931. The summed E-state index contributed by atoms with van der Waals surface area (Å²) in [4.78, 5) is 12.4. The van der Waals surface area contributed by atoms with Crippen LogP contribution in [0.15, 0.2) is 42.5 Å². The Kier molecular flexibility index (Phi) is 3.45. The van der Waals surface area contributed by atoms with E-state index >= 15 is 0 Å². The van der Waals surface area contributed by atoms with Crippen molar-refractivity contribution in [1.82, 2.24) is 0 Å². The number of Topliss-reactive ketones (excluding diaryl/α,β-unsaturated/α-hetero) is 1. The van der Waals surface area contributed by atoms with Crippen molar-refractivity contribution in [2.45, 2.75) is 12.3 Å². The highest BCUT2D eigenvalue weighted by Gasteiger charge is 2.28. The van der Waals surface area contributed by atoms with Crippen LogP contribution < -0.4 is 5.32 Å². The van der Waals surface area contributed by atoms with Gasteiger partial charge in [-0.15, -0.1) is 0 Å². The molecule has 1 N–H and O–H groups in total. The second kappa shape index (κ2) is 5.25. The Balaban J connectivity index is 1.83. The van der Waals surface area contributed by atoms with Gasteiger partial charge in [-0.1, -0.05) is 29.8 Å². The molecule has 0 spiro atoms. The minimum atomic E-state index is -0.387. The number of anilines is 1. The second-order valence-corrected chi connectivity index (χ2v) is 5.34. The molecule has 0 aliphatic carbocycles. The fourth-order valence-electron chi connectivity index (χ4n) is 2.56. The van der Waals surface area contributed by atoms with Gasteiger partial charge in [0, 0.05) is 23.7 Å². The summed E-state index contributed by atoms with van der Waals surface area (Å²) in [6.07, 6.45) is 0.0626. The zero-order chi connectivity index (χ0) is 14.1. The van der Waals surface area contributed by atoms with Gasteiger partial charge in [-0.3, -0.25) is 4.79 Å². The predicted octanol–water partition coefficient (Wildman–Crippen LogP) is 3.80. The lowest BCUT2D eigenvalue weighted by atomic mass is 9.92. The Labute approximate surface area is 121 Å². The van der Waals surface area contributed by atoms with Gasteiger partial charge in [0.1, 0.15) is 11.6 Å². The lowest BCUT2D eigenvalue weighted by Gasteiger charge is -2.10. The lowest BCUT2D eigenvalue weighted by molar-refractivity contribution is -0.119. The zero-order valence-corrected chi connectivity index (χ0v) is 11.5. The topological polar surface area (TPSA) is 29.1 Å². The third-order valence-corrected chi connectivity index (χ3v) is 3.83. The number of hydrogen-bond acceptors (Lipinski definition) is 2.